The molecule has 1 fully saturated rings. The van der Waals surface area contributed by atoms with Crippen LogP contribution in [0.15, 0.2) is 60.7 Å². The van der Waals surface area contributed by atoms with Crippen molar-refractivity contribution in [1.29, 1.82) is 5.26 Å². The summed E-state index contributed by atoms with van der Waals surface area (Å²) in [5.74, 6) is -0.563. The molecule has 3 atom stereocenters. The van der Waals surface area contributed by atoms with Crippen molar-refractivity contribution in [2.24, 2.45) is 5.92 Å². The third-order valence-corrected chi connectivity index (χ3v) is 4.50. The fourth-order valence-corrected chi connectivity index (χ4v) is 3.40. The van der Waals surface area contributed by atoms with Crippen LogP contribution in [0, 0.1) is 17.2 Å². The number of thiocarbonyl (C=S) groups is 1. The molecule has 22 heavy (non-hydrogen) atoms. The molecule has 0 saturated carbocycles. The number of hydrogen-bond acceptors (Lipinski definition) is 3. The minimum atomic E-state index is -1.24. The van der Waals surface area contributed by atoms with Crippen LogP contribution < -0.4 is 5.32 Å². The number of piperidine rings is 1. The van der Waals surface area contributed by atoms with Crippen molar-refractivity contribution in [2.75, 3.05) is 0 Å². The van der Waals surface area contributed by atoms with Gasteiger partial charge in [-0.2, -0.15) is 5.26 Å². The maximum Gasteiger partial charge on any atom is 0.162 e. The fourth-order valence-electron chi connectivity index (χ4n) is 3.01. The predicted octanol–water partition coefficient (Wildman–Crippen LogP) is 3.08. The SMILES string of the molecule is N#CC1C(=S)NC(O)(c2ccccc2)CC1c1ccccc1. The Labute approximate surface area is 135 Å². The summed E-state index contributed by atoms with van der Waals surface area (Å²) < 4.78 is 0. The van der Waals surface area contributed by atoms with Gasteiger partial charge in [-0.3, -0.25) is 0 Å². The summed E-state index contributed by atoms with van der Waals surface area (Å²) >= 11 is 5.36. The van der Waals surface area contributed by atoms with Crippen LogP contribution in [-0.2, 0) is 5.72 Å². The summed E-state index contributed by atoms with van der Waals surface area (Å²) in [6.07, 6.45) is 0.402. The van der Waals surface area contributed by atoms with E-state index in [1.165, 1.54) is 0 Å². The smallest absolute Gasteiger partial charge is 0.162 e. The maximum atomic E-state index is 11.1. The molecule has 1 heterocycles. The van der Waals surface area contributed by atoms with Crippen LogP contribution in [-0.4, -0.2) is 10.1 Å². The van der Waals surface area contributed by atoms with Crippen LogP contribution in [0.5, 0.6) is 0 Å². The van der Waals surface area contributed by atoms with Crippen LogP contribution in [0.1, 0.15) is 23.5 Å². The standard InChI is InChI=1S/C18H16N2OS/c19-12-16-15(13-7-3-1-4-8-13)11-18(21,20-17(16)22)14-9-5-2-6-10-14/h1-10,15-16,21H,11H2,(H,20,22). The van der Waals surface area contributed by atoms with Gasteiger partial charge in [0, 0.05) is 17.9 Å². The molecule has 0 amide bonds. The van der Waals surface area contributed by atoms with Gasteiger partial charge < -0.3 is 10.4 Å². The molecule has 1 saturated heterocycles. The van der Waals surface area contributed by atoms with Crippen molar-refractivity contribution in [3.05, 3.63) is 71.8 Å². The van der Waals surface area contributed by atoms with Gasteiger partial charge in [0.25, 0.3) is 0 Å². The van der Waals surface area contributed by atoms with E-state index in [0.29, 0.717) is 11.4 Å². The average Bonchev–Trinajstić information content (AvgIpc) is 2.56. The van der Waals surface area contributed by atoms with Crippen LogP contribution in [0.4, 0.5) is 0 Å². The summed E-state index contributed by atoms with van der Waals surface area (Å²) in [6.45, 7) is 0. The van der Waals surface area contributed by atoms with E-state index in [0.717, 1.165) is 11.1 Å². The Kier molecular flexibility index (Phi) is 3.93. The average molecular weight is 308 g/mol. The Balaban J connectivity index is 2.01. The van der Waals surface area contributed by atoms with E-state index < -0.39 is 11.6 Å². The monoisotopic (exact) mass is 308 g/mol. The molecule has 0 radical (unpaired) electrons. The first-order chi connectivity index (χ1) is 10.6. The van der Waals surface area contributed by atoms with E-state index >= 15 is 0 Å². The van der Waals surface area contributed by atoms with Gasteiger partial charge in [-0.15, -0.1) is 0 Å². The third kappa shape index (κ3) is 2.61. The lowest BCUT2D eigenvalue weighted by Crippen LogP contribution is -2.54. The number of hydrogen-bond donors (Lipinski definition) is 2. The lowest BCUT2D eigenvalue weighted by Gasteiger charge is -2.41. The normalized spacial score (nSPS) is 27.7. The van der Waals surface area contributed by atoms with Gasteiger partial charge in [0.2, 0.25) is 0 Å². The van der Waals surface area contributed by atoms with Gasteiger partial charge in [0.15, 0.2) is 5.72 Å². The molecule has 3 unspecified atom stereocenters. The first-order valence-corrected chi connectivity index (χ1v) is 7.59. The Morgan fingerprint density at radius 1 is 1.09 bits per heavy atom. The van der Waals surface area contributed by atoms with Gasteiger partial charge in [-0.25, -0.2) is 0 Å². The fraction of sp³-hybridized carbons (Fsp3) is 0.222. The number of nitrogens with one attached hydrogen (secondary N) is 1. The summed E-state index contributed by atoms with van der Waals surface area (Å²) in [7, 11) is 0. The first kappa shape index (κ1) is 14.7. The highest BCUT2D eigenvalue weighted by Gasteiger charge is 2.43. The Morgan fingerprint density at radius 2 is 1.68 bits per heavy atom. The summed E-state index contributed by atoms with van der Waals surface area (Å²) in [6, 6.07) is 21.5. The molecule has 0 bridgehead atoms. The number of aliphatic hydroxyl groups is 1. The molecule has 2 aromatic carbocycles. The Hall–Kier alpha value is -2.22. The van der Waals surface area contributed by atoms with Crippen molar-refractivity contribution in [3.63, 3.8) is 0 Å². The zero-order chi connectivity index (χ0) is 15.6. The van der Waals surface area contributed by atoms with E-state index in [2.05, 4.69) is 11.4 Å². The van der Waals surface area contributed by atoms with Crippen molar-refractivity contribution < 1.29 is 5.11 Å². The van der Waals surface area contributed by atoms with Crippen LogP contribution in [0.3, 0.4) is 0 Å². The molecular weight excluding hydrogens is 292 g/mol. The lowest BCUT2D eigenvalue weighted by molar-refractivity contribution is -0.00685. The highest BCUT2D eigenvalue weighted by atomic mass is 32.1. The number of rotatable bonds is 2. The van der Waals surface area contributed by atoms with Gasteiger partial charge in [-0.1, -0.05) is 72.9 Å². The van der Waals surface area contributed by atoms with E-state index in [1.54, 1.807) is 0 Å². The summed E-state index contributed by atoms with van der Waals surface area (Å²) in [5.41, 5.74) is 0.536. The molecule has 1 aliphatic rings. The highest BCUT2D eigenvalue weighted by Crippen LogP contribution is 2.40. The van der Waals surface area contributed by atoms with E-state index in [-0.39, 0.29) is 5.92 Å². The molecule has 2 N–H and O–H groups in total. The lowest BCUT2D eigenvalue weighted by atomic mass is 9.76. The number of benzene rings is 2. The van der Waals surface area contributed by atoms with E-state index in [9.17, 15) is 10.4 Å². The second-order valence-corrected chi connectivity index (χ2v) is 5.98. The van der Waals surface area contributed by atoms with Crippen LogP contribution in [0.25, 0.3) is 0 Å². The number of nitriles is 1. The quantitative estimate of drug-likeness (QED) is 0.837. The minimum Gasteiger partial charge on any atom is -0.367 e. The molecule has 3 nitrogen and oxygen atoms in total. The van der Waals surface area contributed by atoms with Crippen molar-refractivity contribution in [2.45, 2.75) is 18.1 Å². The molecule has 1 aliphatic heterocycles. The molecule has 0 aliphatic carbocycles. The van der Waals surface area contributed by atoms with Gasteiger partial charge in [0.1, 0.15) is 5.92 Å². The van der Waals surface area contributed by atoms with Crippen molar-refractivity contribution in [3.8, 4) is 6.07 Å². The van der Waals surface area contributed by atoms with Crippen LogP contribution in [0.2, 0.25) is 0 Å². The summed E-state index contributed by atoms with van der Waals surface area (Å²) in [4.78, 5) is 0.397. The zero-order valence-corrected chi connectivity index (χ0v) is 12.8. The van der Waals surface area contributed by atoms with Gasteiger partial charge in [-0.05, 0) is 5.56 Å². The highest BCUT2D eigenvalue weighted by molar-refractivity contribution is 7.80. The zero-order valence-electron chi connectivity index (χ0n) is 11.9. The molecule has 110 valence electrons. The second kappa shape index (κ2) is 5.88. The third-order valence-electron chi connectivity index (χ3n) is 4.15. The summed E-state index contributed by atoms with van der Waals surface area (Å²) in [5, 5.41) is 23.5. The van der Waals surface area contributed by atoms with Crippen LogP contribution >= 0.6 is 12.2 Å². The van der Waals surface area contributed by atoms with E-state index in [1.807, 2.05) is 60.7 Å². The Bertz CT molecular complexity index is 711. The van der Waals surface area contributed by atoms with Gasteiger partial charge in [0.05, 0.1) is 11.1 Å². The number of nitrogens with zero attached hydrogens (tertiary/aromatic N) is 1. The minimum absolute atomic E-state index is 0.134. The van der Waals surface area contributed by atoms with E-state index in [4.69, 9.17) is 12.2 Å². The van der Waals surface area contributed by atoms with Crippen molar-refractivity contribution >= 4 is 17.2 Å². The largest absolute Gasteiger partial charge is 0.367 e. The Morgan fingerprint density at radius 3 is 2.27 bits per heavy atom. The topological polar surface area (TPSA) is 56.0 Å². The first-order valence-electron chi connectivity index (χ1n) is 7.18. The predicted molar refractivity (Wildman–Crippen MR) is 89.0 cm³/mol. The molecular formula is C18H16N2OS. The molecule has 2 aromatic rings. The maximum absolute atomic E-state index is 11.1. The second-order valence-electron chi connectivity index (χ2n) is 5.54. The van der Waals surface area contributed by atoms with Crippen molar-refractivity contribution in [1.82, 2.24) is 5.32 Å². The molecule has 4 heteroatoms. The molecule has 0 spiro atoms. The molecule has 0 aromatic heterocycles. The molecule has 3 rings (SSSR count). The van der Waals surface area contributed by atoms with Gasteiger partial charge >= 0.3 is 0 Å².